The van der Waals surface area contributed by atoms with Gasteiger partial charge in [0.25, 0.3) is 0 Å². The molecule has 0 fully saturated rings. The molecule has 0 aromatic heterocycles. The monoisotopic (exact) mass is 744 g/mol. The van der Waals surface area contributed by atoms with Crippen LogP contribution >= 0.6 is 0 Å². The van der Waals surface area contributed by atoms with Gasteiger partial charge in [0.2, 0.25) is 0 Å². The molecule has 0 heteroatoms. The van der Waals surface area contributed by atoms with Gasteiger partial charge in [-0.25, -0.2) is 0 Å². The van der Waals surface area contributed by atoms with Crippen LogP contribution in [0.4, 0.5) is 0 Å². The van der Waals surface area contributed by atoms with Crippen molar-refractivity contribution < 1.29 is 0 Å². The molecule has 1 atom stereocenters. The van der Waals surface area contributed by atoms with E-state index in [1.54, 1.807) is 0 Å². The Morgan fingerprint density at radius 2 is 1.02 bits per heavy atom. The fourth-order valence-corrected chi connectivity index (χ4v) is 7.21. The topological polar surface area (TPSA) is 0 Å². The molecule has 1 unspecified atom stereocenters. The summed E-state index contributed by atoms with van der Waals surface area (Å²) in [6.45, 7) is 14.3. The highest BCUT2D eigenvalue weighted by molar-refractivity contribution is 5.87. The minimum Gasteiger partial charge on any atom is -0.103 e. The Labute approximate surface area is 343 Å². The number of allylic oxidation sites excluding steroid dienone is 1. The summed E-state index contributed by atoms with van der Waals surface area (Å²) in [7, 11) is 0. The van der Waals surface area contributed by atoms with Crippen LogP contribution in [0.25, 0.3) is 32.7 Å². The van der Waals surface area contributed by atoms with Crippen LogP contribution < -0.4 is 0 Å². The Kier molecular flexibility index (Phi) is 16.7. The quantitative estimate of drug-likeness (QED) is 0.129. The van der Waals surface area contributed by atoms with Gasteiger partial charge in [0.15, 0.2) is 0 Å². The summed E-state index contributed by atoms with van der Waals surface area (Å²) in [5, 5.41) is 5.38. The fraction of sp³-hybridized carbons (Fsp3) is 0.193. The maximum Gasteiger partial charge on any atom is 0.00929 e. The molecular formula is C57H60. The first-order chi connectivity index (χ1) is 27.9. The van der Waals surface area contributed by atoms with E-state index in [0.717, 1.165) is 19.3 Å². The molecule has 57 heavy (non-hydrogen) atoms. The van der Waals surface area contributed by atoms with Gasteiger partial charge >= 0.3 is 0 Å². The molecule has 0 saturated carbocycles. The molecule has 0 aliphatic carbocycles. The standard InChI is InChI=1S/C24H20.C22H24.C7H8.C4H8/c1-18-9-13-20(14-10-18)21-15-11-19(12-16-21)17-23-7-4-6-22-5-2-3-8-24(22)23;1-3-9-17-10-7-13-19(16-17)20(4-2)22-15-8-12-18-11-5-6-14-21(18)22;1-7-5-3-2-4-6-7;1-3-4-2/h2-16H,17H2,1H3;5-8,10-16,20H,3-4,9H2,1-2H3;2-6H,1H3;3H,1,4H2,2H3. The van der Waals surface area contributed by atoms with Crippen LogP contribution in [0.5, 0.6) is 0 Å². The van der Waals surface area contributed by atoms with Crippen LogP contribution in [0.15, 0.2) is 201 Å². The molecule has 0 nitrogen and oxygen atoms in total. The lowest BCUT2D eigenvalue weighted by atomic mass is 9.85. The van der Waals surface area contributed by atoms with Crippen molar-refractivity contribution in [2.75, 3.05) is 0 Å². The van der Waals surface area contributed by atoms with Gasteiger partial charge in [-0.3, -0.25) is 0 Å². The van der Waals surface area contributed by atoms with E-state index in [9.17, 15) is 0 Å². The van der Waals surface area contributed by atoms with Crippen LogP contribution in [-0.2, 0) is 12.8 Å². The maximum atomic E-state index is 3.48. The van der Waals surface area contributed by atoms with Crippen molar-refractivity contribution in [3.63, 3.8) is 0 Å². The van der Waals surface area contributed by atoms with Gasteiger partial charge < -0.3 is 0 Å². The van der Waals surface area contributed by atoms with Gasteiger partial charge in [0, 0.05) is 5.92 Å². The van der Waals surface area contributed by atoms with E-state index < -0.39 is 0 Å². The van der Waals surface area contributed by atoms with Crippen molar-refractivity contribution in [3.8, 4) is 11.1 Å². The van der Waals surface area contributed by atoms with Crippen molar-refractivity contribution in [1.82, 2.24) is 0 Å². The first-order valence-electron chi connectivity index (χ1n) is 20.8. The number of hydrogen-bond donors (Lipinski definition) is 0. The van der Waals surface area contributed by atoms with Crippen LogP contribution in [-0.4, -0.2) is 0 Å². The van der Waals surface area contributed by atoms with Crippen molar-refractivity contribution in [2.24, 2.45) is 0 Å². The summed E-state index contributed by atoms with van der Waals surface area (Å²) in [6, 6.07) is 67.7. The van der Waals surface area contributed by atoms with Gasteiger partial charge in [-0.2, -0.15) is 0 Å². The second-order valence-corrected chi connectivity index (χ2v) is 14.8. The molecular weight excluding hydrogens is 685 g/mol. The predicted octanol–water partition coefficient (Wildman–Crippen LogP) is 16.3. The molecule has 0 radical (unpaired) electrons. The average Bonchev–Trinajstić information content (AvgIpc) is 3.26. The van der Waals surface area contributed by atoms with Gasteiger partial charge in [-0.15, -0.1) is 6.58 Å². The third kappa shape index (κ3) is 12.5. The molecule has 0 amide bonds. The first-order valence-corrected chi connectivity index (χ1v) is 20.8. The highest BCUT2D eigenvalue weighted by Gasteiger charge is 2.15. The zero-order chi connectivity index (χ0) is 40.2. The zero-order valence-electron chi connectivity index (χ0n) is 34.8. The van der Waals surface area contributed by atoms with Gasteiger partial charge in [-0.05, 0) is 100 Å². The Hall–Kier alpha value is -5.98. The second kappa shape index (κ2) is 22.5. The van der Waals surface area contributed by atoms with E-state index >= 15 is 0 Å². The van der Waals surface area contributed by atoms with E-state index in [0.29, 0.717) is 5.92 Å². The lowest BCUT2D eigenvalue weighted by molar-refractivity contribution is 0.780. The van der Waals surface area contributed by atoms with Gasteiger partial charge in [0.1, 0.15) is 0 Å². The Morgan fingerprint density at radius 1 is 0.491 bits per heavy atom. The Bertz CT molecular complexity index is 2370. The van der Waals surface area contributed by atoms with Crippen LogP contribution in [0.3, 0.4) is 0 Å². The molecule has 8 aromatic carbocycles. The third-order valence-corrected chi connectivity index (χ3v) is 10.3. The van der Waals surface area contributed by atoms with Gasteiger partial charge in [-0.1, -0.05) is 232 Å². The number of benzene rings is 8. The van der Waals surface area contributed by atoms with Crippen molar-refractivity contribution >= 4 is 21.5 Å². The summed E-state index contributed by atoms with van der Waals surface area (Å²) < 4.78 is 0. The maximum absolute atomic E-state index is 3.48. The van der Waals surface area contributed by atoms with Gasteiger partial charge in [0.05, 0.1) is 0 Å². The highest BCUT2D eigenvalue weighted by atomic mass is 14.2. The number of fused-ring (bicyclic) bond motifs is 2. The van der Waals surface area contributed by atoms with Crippen molar-refractivity contribution in [3.05, 3.63) is 240 Å². The molecule has 0 bridgehead atoms. The van der Waals surface area contributed by atoms with E-state index in [-0.39, 0.29) is 0 Å². The van der Waals surface area contributed by atoms with Crippen molar-refractivity contribution in [2.45, 2.75) is 72.6 Å². The average molecular weight is 745 g/mol. The molecule has 0 heterocycles. The van der Waals surface area contributed by atoms with E-state index in [4.69, 9.17) is 0 Å². The lowest BCUT2D eigenvalue weighted by Crippen LogP contribution is -2.01. The SMILES string of the molecule is C=CCC.CCCc1cccc(C(CC)c2cccc3ccccc23)c1.Cc1ccc(-c2ccc(Cc3cccc4ccccc34)cc2)cc1.Cc1ccccc1. The fourth-order valence-electron chi connectivity index (χ4n) is 7.21. The summed E-state index contributed by atoms with van der Waals surface area (Å²) >= 11 is 0. The van der Waals surface area contributed by atoms with E-state index in [1.807, 2.05) is 24.3 Å². The highest BCUT2D eigenvalue weighted by Crippen LogP contribution is 2.33. The zero-order valence-corrected chi connectivity index (χ0v) is 34.8. The largest absolute Gasteiger partial charge is 0.103 e. The van der Waals surface area contributed by atoms with E-state index in [2.05, 4.69) is 211 Å². The summed E-state index contributed by atoms with van der Waals surface area (Å²) in [6.07, 6.45) is 7.42. The van der Waals surface area contributed by atoms with E-state index in [1.165, 1.54) is 84.5 Å². The van der Waals surface area contributed by atoms with Crippen LogP contribution in [0, 0.1) is 13.8 Å². The second-order valence-electron chi connectivity index (χ2n) is 14.8. The van der Waals surface area contributed by atoms with Crippen LogP contribution in [0.1, 0.15) is 84.9 Å². The smallest absolute Gasteiger partial charge is 0.00929 e. The molecule has 288 valence electrons. The first kappa shape index (κ1) is 42.2. The number of rotatable bonds is 9. The molecule has 8 aromatic rings. The minimum absolute atomic E-state index is 0.475. The molecule has 8 rings (SSSR count). The molecule has 0 aliphatic rings. The summed E-state index contributed by atoms with van der Waals surface area (Å²) in [5.41, 5.74) is 12.3. The lowest BCUT2D eigenvalue weighted by Gasteiger charge is -2.19. The normalized spacial score (nSPS) is 10.9. The predicted molar refractivity (Wildman–Crippen MR) is 252 cm³/mol. The summed E-state index contributed by atoms with van der Waals surface area (Å²) in [5.74, 6) is 0.475. The molecule has 0 N–H and O–H groups in total. The molecule has 0 aliphatic heterocycles. The molecule has 0 spiro atoms. The number of hydrogen-bond acceptors (Lipinski definition) is 0. The molecule has 0 saturated heterocycles. The van der Waals surface area contributed by atoms with Crippen molar-refractivity contribution in [1.29, 1.82) is 0 Å². The third-order valence-electron chi connectivity index (χ3n) is 10.3. The minimum atomic E-state index is 0.475. The Balaban J connectivity index is 0.000000173. The summed E-state index contributed by atoms with van der Waals surface area (Å²) in [4.78, 5) is 0. The Morgan fingerprint density at radius 3 is 1.61 bits per heavy atom. The van der Waals surface area contributed by atoms with Crippen LogP contribution in [0.2, 0.25) is 0 Å². The number of aryl methyl sites for hydroxylation is 3.